The zero-order chi connectivity index (χ0) is 14.0. The van der Waals surface area contributed by atoms with Gasteiger partial charge in [0.05, 0.1) is 5.69 Å². The number of halogens is 3. The van der Waals surface area contributed by atoms with E-state index in [0.29, 0.717) is 17.8 Å². The Kier molecular flexibility index (Phi) is 3.37. The fourth-order valence-electron chi connectivity index (χ4n) is 1.73. The van der Waals surface area contributed by atoms with Crippen molar-refractivity contribution in [3.63, 3.8) is 0 Å². The van der Waals surface area contributed by atoms with Gasteiger partial charge in [-0.3, -0.25) is 4.79 Å². The Morgan fingerprint density at radius 1 is 1.37 bits per heavy atom. The third-order valence-electron chi connectivity index (χ3n) is 2.63. The predicted octanol–water partition coefficient (Wildman–Crippen LogP) is 2.41. The molecule has 0 saturated carbocycles. The molecule has 0 aromatic carbocycles. The smallest absolute Gasteiger partial charge is 0.325 e. The van der Waals surface area contributed by atoms with Crippen LogP contribution in [0.3, 0.4) is 0 Å². The number of aryl methyl sites for hydroxylation is 1. The van der Waals surface area contributed by atoms with Crippen molar-refractivity contribution < 1.29 is 13.2 Å². The minimum Gasteiger partial charge on any atom is -0.325 e. The Balaban J connectivity index is 2.70. The first kappa shape index (κ1) is 13.3. The van der Waals surface area contributed by atoms with Gasteiger partial charge in [0, 0.05) is 17.5 Å². The number of nitrogens with zero attached hydrogens (tertiary/aromatic N) is 2. The van der Waals surface area contributed by atoms with Crippen LogP contribution in [0.25, 0.3) is 11.3 Å². The molecule has 100 valence electrons. The van der Waals surface area contributed by atoms with Crippen molar-refractivity contribution in [3.05, 3.63) is 46.0 Å². The van der Waals surface area contributed by atoms with E-state index in [4.69, 9.17) is 0 Å². The van der Waals surface area contributed by atoms with Gasteiger partial charge in [-0.2, -0.15) is 23.4 Å². The Bertz CT molecular complexity index is 635. The van der Waals surface area contributed by atoms with Crippen LogP contribution in [0.1, 0.15) is 18.2 Å². The Labute approximate surface area is 106 Å². The number of alkyl halides is 3. The molecule has 2 aromatic heterocycles. The second-order valence-corrected chi connectivity index (χ2v) is 3.86. The standard InChI is InChI=1S/C12H10F3N3O/c1-2-9-7(10-4-3-5-16-18-10)6-8(11(19)17-9)12(13,14)15/h3-6H,2H2,1H3,(H,17,19). The maximum Gasteiger partial charge on any atom is 0.421 e. The molecule has 2 heterocycles. The summed E-state index contributed by atoms with van der Waals surface area (Å²) in [5.74, 6) is 0. The highest BCUT2D eigenvalue weighted by molar-refractivity contribution is 5.62. The lowest BCUT2D eigenvalue weighted by atomic mass is 10.1. The van der Waals surface area contributed by atoms with E-state index >= 15 is 0 Å². The summed E-state index contributed by atoms with van der Waals surface area (Å²) >= 11 is 0. The molecule has 2 aromatic rings. The van der Waals surface area contributed by atoms with Crippen LogP contribution >= 0.6 is 0 Å². The summed E-state index contributed by atoms with van der Waals surface area (Å²) in [4.78, 5) is 13.7. The van der Waals surface area contributed by atoms with Crippen molar-refractivity contribution in [3.8, 4) is 11.3 Å². The van der Waals surface area contributed by atoms with Gasteiger partial charge >= 0.3 is 6.18 Å². The minimum atomic E-state index is -4.70. The summed E-state index contributed by atoms with van der Waals surface area (Å²) in [6.07, 6.45) is -2.89. The molecular weight excluding hydrogens is 259 g/mol. The Hall–Kier alpha value is -2.18. The first-order valence-electron chi connectivity index (χ1n) is 5.55. The van der Waals surface area contributed by atoms with Gasteiger partial charge in [-0.1, -0.05) is 6.92 Å². The first-order chi connectivity index (χ1) is 8.93. The molecular formula is C12H10F3N3O. The molecule has 0 aliphatic carbocycles. The number of H-pyrrole nitrogens is 1. The molecule has 0 unspecified atom stereocenters. The molecule has 0 atom stereocenters. The lowest BCUT2D eigenvalue weighted by molar-refractivity contribution is -0.138. The summed E-state index contributed by atoms with van der Waals surface area (Å²) in [5, 5.41) is 7.40. The maximum atomic E-state index is 12.7. The van der Waals surface area contributed by atoms with Crippen LogP contribution in [0.5, 0.6) is 0 Å². The fourth-order valence-corrected chi connectivity index (χ4v) is 1.73. The van der Waals surface area contributed by atoms with Gasteiger partial charge in [-0.05, 0) is 24.6 Å². The molecule has 0 saturated heterocycles. The van der Waals surface area contributed by atoms with Gasteiger partial charge in [-0.15, -0.1) is 0 Å². The highest BCUT2D eigenvalue weighted by Gasteiger charge is 2.34. The van der Waals surface area contributed by atoms with Crippen molar-refractivity contribution >= 4 is 0 Å². The average molecular weight is 269 g/mol. The zero-order valence-electron chi connectivity index (χ0n) is 9.95. The van der Waals surface area contributed by atoms with Crippen LogP contribution in [-0.2, 0) is 12.6 Å². The van der Waals surface area contributed by atoms with E-state index < -0.39 is 17.3 Å². The minimum absolute atomic E-state index is 0.238. The molecule has 7 heteroatoms. The SMILES string of the molecule is CCc1[nH]c(=O)c(C(F)(F)F)cc1-c1cccnn1. The van der Waals surface area contributed by atoms with Crippen LogP contribution in [0, 0.1) is 0 Å². The lowest BCUT2D eigenvalue weighted by Gasteiger charge is -2.11. The summed E-state index contributed by atoms with van der Waals surface area (Å²) in [5.41, 5.74) is -1.44. The number of aromatic nitrogens is 3. The van der Waals surface area contributed by atoms with Crippen LogP contribution < -0.4 is 5.56 Å². The summed E-state index contributed by atoms with van der Waals surface area (Å²) in [6.45, 7) is 1.73. The van der Waals surface area contributed by atoms with E-state index in [2.05, 4.69) is 15.2 Å². The van der Waals surface area contributed by atoms with Crippen molar-refractivity contribution in [1.29, 1.82) is 0 Å². The van der Waals surface area contributed by atoms with Crippen molar-refractivity contribution in [1.82, 2.24) is 15.2 Å². The largest absolute Gasteiger partial charge is 0.421 e. The second-order valence-electron chi connectivity index (χ2n) is 3.86. The molecule has 0 fully saturated rings. The van der Waals surface area contributed by atoms with Crippen molar-refractivity contribution in [2.45, 2.75) is 19.5 Å². The number of nitrogens with one attached hydrogen (secondary N) is 1. The summed E-state index contributed by atoms with van der Waals surface area (Å²) in [7, 11) is 0. The molecule has 0 spiro atoms. The van der Waals surface area contributed by atoms with E-state index in [9.17, 15) is 18.0 Å². The molecule has 4 nitrogen and oxygen atoms in total. The number of hydrogen-bond acceptors (Lipinski definition) is 3. The van der Waals surface area contributed by atoms with Crippen molar-refractivity contribution in [2.75, 3.05) is 0 Å². The maximum absolute atomic E-state index is 12.7. The van der Waals surface area contributed by atoms with Crippen LogP contribution in [0.4, 0.5) is 13.2 Å². The normalized spacial score (nSPS) is 11.6. The zero-order valence-corrected chi connectivity index (χ0v) is 9.95. The molecule has 0 aliphatic rings. The van der Waals surface area contributed by atoms with Gasteiger partial charge in [0.15, 0.2) is 0 Å². The lowest BCUT2D eigenvalue weighted by Crippen LogP contribution is -2.23. The number of rotatable bonds is 2. The Morgan fingerprint density at radius 2 is 2.11 bits per heavy atom. The van der Waals surface area contributed by atoms with Gasteiger partial charge in [-0.25, -0.2) is 0 Å². The van der Waals surface area contributed by atoms with Crippen molar-refractivity contribution in [2.24, 2.45) is 0 Å². The van der Waals surface area contributed by atoms with Gasteiger partial charge < -0.3 is 4.98 Å². The first-order valence-corrected chi connectivity index (χ1v) is 5.55. The predicted molar refractivity (Wildman–Crippen MR) is 62.5 cm³/mol. The number of hydrogen-bond donors (Lipinski definition) is 1. The highest BCUT2D eigenvalue weighted by atomic mass is 19.4. The van der Waals surface area contributed by atoms with E-state index in [-0.39, 0.29) is 5.56 Å². The molecule has 0 aliphatic heterocycles. The molecule has 0 bridgehead atoms. The second kappa shape index (κ2) is 4.83. The number of pyridine rings is 1. The molecule has 0 radical (unpaired) electrons. The monoisotopic (exact) mass is 269 g/mol. The van der Waals surface area contributed by atoms with E-state index in [1.165, 1.54) is 6.20 Å². The Morgan fingerprint density at radius 3 is 2.63 bits per heavy atom. The molecule has 19 heavy (non-hydrogen) atoms. The quantitative estimate of drug-likeness (QED) is 0.910. The topological polar surface area (TPSA) is 58.6 Å². The third-order valence-corrected chi connectivity index (χ3v) is 2.63. The van der Waals surface area contributed by atoms with E-state index in [0.717, 1.165) is 6.07 Å². The highest BCUT2D eigenvalue weighted by Crippen LogP contribution is 2.30. The summed E-state index contributed by atoms with van der Waals surface area (Å²) in [6, 6.07) is 3.93. The molecule has 1 N–H and O–H groups in total. The third kappa shape index (κ3) is 2.64. The van der Waals surface area contributed by atoms with E-state index in [1.54, 1.807) is 19.1 Å². The van der Waals surface area contributed by atoms with Crippen LogP contribution in [-0.4, -0.2) is 15.2 Å². The molecule has 2 rings (SSSR count). The van der Waals surface area contributed by atoms with E-state index in [1.807, 2.05) is 0 Å². The van der Waals surface area contributed by atoms with Crippen LogP contribution in [0.2, 0.25) is 0 Å². The number of aromatic amines is 1. The molecule has 0 amide bonds. The fraction of sp³-hybridized carbons (Fsp3) is 0.250. The van der Waals surface area contributed by atoms with Gasteiger partial charge in [0.2, 0.25) is 0 Å². The average Bonchev–Trinajstić information content (AvgIpc) is 2.38. The van der Waals surface area contributed by atoms with Crippen LogP contribution in [0.15, 0.2) is 29.2 Å². The summed E-state index contributed by atoms with van der Waals surface area (Å²) < 4.78 is 38.2. The van der Waals surface area contributed by atoms with Gasteiger partial charge in [0.25, 0.3) is 5.56 Å². The van der Waals surface area contributed by atoms with Gasteiger partial charge in [0.1, 0.15) is 5.56 Å².